The van der Waals surface area contributed by atoms with E-state index in [1.165, 1.54) is 0 Å². The van der Waals surface area contributed by atoms with Crippen LogP contribution in [0.25, 0.3) is 0 Å². The number of anilines is 1. The molecule has 3 heterocycles. The van der Waals surface area contributed by atoms with Crippen molar-refractivity contribution in [2.24, 2.45) is 5.41 Å². The lowest BCUT2D eigenvalue weighted by atomic mass is 9.77. The highest BCUT2D eigenvalue weighted by Crippen LogP contribution is 2.44. The zero-order valence-corrected chi connectivity index (χ0v) is 15.1. The molecule has 1 spiro atoms. The highest BCUT2D eigenvalue weighted by atomic mass is 16.3. The SMILES string of the molecule is N#Cc1ccnc(N2CCC3(CC2)CCN([C@H]2CC[C@H](O)CC2)C3=O)c1. The monoisotopic (exact) mass is 354 g/mol. The zero-order valence-electron chi connectivity index (χ0n) is 15.1. The van der Waals surface area contributed by atoms with Crippen LogP contribution in [0, 0.1) is 16.7 Å². The number of hydrogen-bond acceptors (Lipinski definition) is 5. The van der Waals surface area contributed by atoms with Crippen molar-refractivity contribution in [1.82, 2.24) is 9.88 Å². The minimum atomic E-state index is -0.209. The fraction of sp³-hybridized carbons (Fsp3) is 0.650. The van der Waals surface area contributed by atoms with Gasteiger partial charge in [-0.1, -0.05) is 0 Å². The summed E-state index contributed by atoms with van der Waals surface area (Å²) >= 11 is 0. The minimum Gasteiger partial charge on any atom is -0.393 e. The van der Waals surface area contributed by atoms with E-state index in [0.717, 1.165) is 70.4 Å². The first-order valence-electron chi connectivity index (χ1n) is 9.71. The van der Waals surface area contributed by atoms with Gasteiger partial charge in [0.25, 0.3) is 0 Å². The summed E-state index contributed by atoms with van der Waals surface area (Å²) < 4.78 is 0. The van der Waals surface area contributed by atoms with E-state index >= 15 is 0 Å². The van der Waals surface area contributed by atoms with Crippen molar-refractivity contribution in [3.63, 3.8) is 0 Å². The molecule has 3 fully saturated rings. The van der Waals surface area contributed by atoms with Crippen LogP contribution < -0.4 is 4.90 Å². The van der Waals surface area contributed by atoms with Crippen molar-refractivity contribution < 1.29 is 9.90 Å². The number of hydrogen-bond donors (Lipinski definition) is 1. The summed E-state index contributed by atoms with van der Waals surface area (Å²) in [5.41, 5.74) is 0.414. The van der Waals surface area contributed by atoms with Gasteiger partial charge in [0.2, 0.25) is 5.91 Å². The number of aliphatic hydroxyl groups excluding tert-OH is 1. The standard InChI is InChI=1S/C20H26N4O2/c21-14-15-5-9-22-18(13-15)23-10-6-20(7-11-23)8-12-24(19(20)26)16-1-3-17(25)4-2-16/h5,9,13,16-17,25H,1-4,6-8,10-12H2/t16-,17-. The molecule has 1 saturated carbocycles. The summed E-state index contributed by atoms with van der Waals surface area (Å²) in [6.45, 7) is 2.48. The van der Waals surface area contributed by atoms with E-state index in [1.54, 1.807) is 12.3 Å². The molecule has 0 unspecified atom stereocenters. The number of carbonyl (C=O) groups is 1. The lowest BCUT2D eigenvalue weighted by Crippen LogP contribution is -2.47. The first-order valence-corrected chi connectivity index (χ1v) is 9.71. The Labute approximate surface area is 154 Å². The predicted molar refractivity (Wildman–Crippen MR) is 97.4 cm³/mol. The fourth-order valence-electron chi connectivity index (χ4n) is 4.85. The third kappa shape index (κ3) is 3.05. The summed E-state index contributed by atoms with van der Waals surface area (Å²) in [7, 11) is 0. The Morgan fingerprint density at radius 3 is 2.54 bits per heavy atom. The van der Waals surface area contributed by atoms with Crippen LogP contribution in [0.15, 0.2) is 18.3 Å². The largest absolute Gasteiger partial charge is 0.393 e. The van der Waals surface area contributed by atoms with Gasteiger partial charge in [-0.3, -0.25) is 4.79 Å². The number of nitriles is 1. The van der Waals surface area contributed by atoms with Crippen molar-refractivity contribution in [3.05, 3.63) is 23.9 Å². The molecular formula is C20H26N4O2. The Morgan fingerprint density at radius 1 is 1.15 bits per heavy atom. The smallest absolute Gasteiger partial charge is 0.229 e. The Bertz CT molecular complexity index is 713. The topological polar surface area (TPSA) is 80.5 Å². The molecule has 1 amide bonds. The van der Waals surface area contributed by atoms with Crippen molar-refractivity contribution in [2.75, 3.05) is 24.5 Å². The second-order valence-corrected chi connectivity index (χ2v) is 7.99. The number of aromatic nitrogens is 1. The van der Waals surface area contributed by atoms with Gasteiger partial charge >= 0.3 is 0 Å². The third-order valence-electron chi connectivity index (χ3n) is 6.57. The number of piperidine rings is 1. The van der Waals surface area contributed by atoms with Crippen molar-refractivity contribution in [3.8, 4) is 6.07 Å². The van der Waals surface area contributed by atoms with E-state index in [1.807, 2.05) is 6.07 Å². The van der Waals surface area contributed by atoms with Crippen molar-refractivity contribution in [2.45, 2.75) is 57.1 Å². The minimum absolute atomic E-state index is 0.183. The Balaban J connectivity index is 1.41. The summed E-state index contributed by atoms with van der Waals surface area (Å²) in [5, 5.41) is 18.8. The molecule has 1 aliphatic carbocycles. The van der Waals surface area contributed by atoms with Gasteiger partial charge in [-0.2, -0.15) is 5.26 Å². The fourth-order valence-corrected chi connectivity index (χ4v) is 4.85. The molecule has 1 aromatic heterocycles. The normalized spacial score (nSPS) is 28.4. The van der Waals surface area contributed by atoms with Gasteiger partial charge in [-0.25, -0.2) is 4.98 Å². The average molecular weight is 354 g/mol. The third-order valence-corrected chi connectivity index (χ3v) is 6.57. The first-order chi connectivity index (χ1) is 12.6. The summed E-state index contributed by atoms with van der Waals surface area (Å²) in [5.74, 6) is 1.17. The number of carbonyl (C=O) groups excluding carboxylic acids is 1. The molecule has 2 aliphatic heterocycles. The van der Waals surface area contributed by atoms with Gasteiger partial charge in [0.1, 0.15) is 5.82 Å². The van der Waals surface area contributed by atoms with E-state index in [0.29, 0.717) is 17.5 Å². The molecule has 6 nitrogen and oxygen atoms in total. The molecule has 1 aromatic rings. The van der Waals surface area contributed by atoms with Crippen LogP contribution >= 0.6 is 0 Å². The maximum absolute atomic E-state index is 13.2. The van der Waals surface area contributed by atoms with Crippen LogP contribution in [-0.2, 0) is 4.79 Å². The molecule has 138 valence electrons. The second kappa shape index (κ2) is 6.88. The molecule has 3 aliphatic rings. The van der Waals surface area contributed by atoms with E-state index in [2.05, 4.69) is 20.9 Å². The lowest BCUT2D eigenvalue weighted by molar-refractivity contribution is -0.139. The molecule has 0 bridgehead atoms. The number of pyridine rings is 1. The van der Waals surface area contributed by atoms with E-state index in [9.17, 15) is 9.90 Å². The van der Waals surface area contributed by atoms with Crippen molar-refractivity contribution in [1.29, 1.82) is 5.26 Å². The van der Waals surface area contributed by atoms with Gasteiger partial charge in [-0.05, 0) is 57.1 Å². The molecule has 6 heteroatoms. The van der Waals surface area contributed by atoms with E-state index in [-0.39, 0.29) is 11.5 Å². The Morgan fingerprint density at radius 2 is 1.85 bits per heavy atom. The molecular weight excluding hydrogens is 328 g/mol. The summed E-state index contributed by atoms with van der Waals surface area (Å²) in [4.78, 5) is 21.9. The van der Waals surface area contributed by atoms with Crippen LogP contribution in [0.4, 0.5) is 5.82 Å². The number of rotatable bonds is 2. The Kier molecular flexibility index (Phi) is 4.58. The van der Waals surface area contributed by atoms with Gasteiger partial charge in [0, 0.05) is 31.9 Å². The Hall–Kier alpha value is -2.13. The molecule has 0 aromatic carbocycles. The van der Waals surface area contributed by atoms with Gasteiger partial charge in [0.15, 0.2) is 0 Å². The van der Waals surface area contributed by atoms with Gasteiger partial charge in [-0.15, -0.1) is 0 Å². The summed E-state index contributed by atoms with van der Waals surface area (Å²) in [6, 6.07) is 6.02. The molecule has 2 saturated heterocycles. The highest BCUT2D eigenvalue weighted by molar-refractivity contribution is 5.85. The average Bonchev–Trinajstić information content (AvgIpc) is 2.99. The van der Waals surface area contributed by atoms with E-state index in [4.69, 9.17) is 5.26 Å². The maximum Gasteiger partial charge on any atom is 0.229 e. The number of likely N-dealkylation sites (tertiary alicyclic amines) is 1. The first kappa shape index (κ1) is 17.3. The van der Waals surface area contributed by atoms with Gasteiger partial charge < -0.3 is 14.9 Å². The second-order valence-electron chi connectivity index (χ2n) is 7.99. The molecule has 0 radical (unpaired) electrons. The quantitative estimate of drug-likeness (QED) is 0.879. The van der Waals surface area contributed by atoms with Crippen molar-refractivity contribution >= 4 is 11.7 Å². The van der Waals surface area contributed by atoms with Crippen LogP contribution in [-0.4, -0.2) is 52.7 Å². The number of nitrogens with zero attached hydrogens (tertiary/aromatic N) is 4. The highest BCUT2D eigenvalue weighted by Gasteiger charge is 2.50. The predicted octanol–water partition coefficient (Wildman–Crippen LogP) is 2.08. The van der Waals surface area contributed by atoms with Crippen LogP contribution in [0.5, 0.6) is 0 Å². The summed E-state index contributed by atoms with van der Waals surface area (Å²) in [6.07, 6.45) is 7.65. The van der Waals surface area contributed by atoms with Crippen LogP contribution in [0.1, 0.15) is 50.5 Å². The van der Waals surface area contributed by atoms with Gasteiger partial charge in [0.05, 0.1) is 23.2 Å². The molecule has 4 rings (SSSR count). The lowest BCUT2D eigenvalue weighted by Gasteiger charge is -2.40. The van der Waals surface area contributed by atoms with Crippen LogP contribution in [0.2, 0.25) is 0 Å². The van der Waals surface area contributed by atoms with Crippen LogP contribution in [0.3, 0.4) is 0 Å². The number of aliphatic hydroxyl groups is 1. The molecule has 0 atom stereocenters. The molecule has 1 N–H and O–H groups in total. The zero-order chi connectivity index (χ0) is 18.1. The molecule has 26 heavy (non-hydrogen) atoms. The maximum atomic E-state index is 13.2. The van der Waals surface area contributed by atoms with E-state index < -0.39 is 0 Å². The number of amides is 1.